The van der Waals surface area contributed by atoms with Crippen LogP contribution in [0.4, 0.5) is 8.78 Å². The lowest BCUT2D eigenvalue weighted by Gasteiger charge is -2.37. The zero-order chi connectivity index (χ0) is 20.8. The molecule has 3 aromatic heterocycles. The van der Waals surface area contributed by atoms with Crippen molar-refractivity contribution in [2.75, 3.05) is 13.1 Å². The van der Waals surface area contributed by atoms with E-state index in [0.29, 0.717) is 36.2 Å². The molecule has 154 valence electrons. The molecule has 30 heavy (non-hydrogen) atoms. The van der Waals surface area contributed by atoms with Crippen LogP contribution in [0.5, 0.6) is 0 Å². The van der Waals surface area contributed by atoms with Crippen LogP contribution >= 0.6 is 0 Å². The Morgan fingerprint density at radius 1 is 1.30 bits per heavy atom. The number of likely N-dealkylation sites (tertiary alicyclic amines) is 1. The maximum atomic E-state index is 13.4. The Labute approximate surface area is 169 Å². The largest absolute Gasteiger partial charge is 0.355 e. The number of hydrogen-bond donors (Lipinski definition) is 0. The van der Waals surface area contributed by atoms with E-state index in [1.807, 2.05) is 19.1 Å². The van der Waals surface area contributed by atoms with Gasteiger partial charge in [0.2, 0.25) is 0 Å². The minimum Gasteiger partial charge on any atom is -0.355 e. The summed E-state index contributed by atoms with van der Waals surface area (Å²) in [5, 5.41) is 8.77. The summed E-state index contributed by atoms with van der Waals surface area (Å²) >= 11 is 0. The van der Waals surface area contributed by atoms with E-state index in [9.17, 15) is 13.6 Å². The second kappa shape index (κ2) is 7.12. The molecule has 5 rings (SSSR count). The Bertz CT molecular complexity index is 1240. The molecule has 4 heterocycles. The minimum atomic E-state index is -2.72. The Morgan fingerprint density at radius 2 is 2.13 bits per heavy atom. The van der Waals surface area contributed by atoms with Crippen molar-refractivity contribution >= 4 is 22.7 Å². The summed E-state index contributed by atoms with van der Waals surface area (Å²) in [5.41, 5.74) is 1.03. The van der Waals surface area contributed by atoms with Crippen molar-refractivity contribution in [3.63, 3.8) is 0 Å². The number of halogens is 2. The molecule has 8 nitrogen and oxygen atoms in total. The Hall–Kier alpha value is -3.43. The molecule has 1 amide bonds. The van der Waals surface area contributed by atoms with Crippen LogP contribution in [0.1, 0.15) is 47.6 Å². The molecule has 0 aliphatic carbocycles. The number of hydrogen-bond acceptors (Lipinski definition) is 6. The standard InChI is InChI=1S/C20H18F2N6O2/c1-11-6-7-27(19(29)17-12-4-2-3-5-16(12)30-26-17)9-13(11)15-8-14(18(21)22)25-20-23-10-24-28(15)20/h2-5,8,10-11,13,18H,6-7,9H2,1H3/t11-,13-/m1/s1. The Kier molecular flexibility index (Phi) is 4.41. The van der Waals surface area contributed by atoms with Crippen molar-refractivity contribution in [2.45, 2.75) is 25.7 Å². The van der Waals surface area contributed by atoms with Gasteiger partial charge in [0, 0.05) is 19.0 Å². The van der Waals surface area contributed by atoms with Crippen LogP contribution in [-0.2, 0) is 0 Å². The van der Waals surface area contributed by atoms with Crippen LogP contribution in [-0.4, -0.2) is 48.6 Å². The van der Waals surface area contributed by atoms with Gasteiger partial charge in [0.1, 0.15) is 12.0 Å². The van der Waals surface area contributed by atoms with E-state index in [1.54, 1.807) is 17.0 Å². The van der Waals surface area contributed by atoms with Crippen molar-refractivity contribution in [1.82, 2.24) is 29.6 Å². The van der Waals surface area contributed by atoms with Gasteiger partial charge in [-0.1, -0.05) is 24.2 Å². The number of carbonyl (C=O) groups is 1. The smallest absolute Gasteiger partial charge is 0.280 e. The minimum absolute atomic E-state index is 0.126. The second-order valence-corrected chi connectivity index (χ2v) is 7.53. The predicted octanol–water partition coefficient (Wildman–Crippen LogP) is 3.47. The Morgan fingerprint density at radius 3 is 2.97 bits per heavy atom. The highest BCUT2D eigenvalue weighted by Crippen LogP contribution is 2.34. The van der Waals surface area contributed by atoms with Gasteiger partial charge in [-0.05, 0) is 30.5 Å². The number of piperidine rings is 1. The van der Waals surface area contributed by atoms with Crippen molar-refractivity contribution in [1.29, 1.82) is 0 Å². The van der Waals surface area contributed by atoms with Crippen LogP contribution in [0, 0.1) is 5.92 Å². The molecular formula is C20H18F2N6O2. The number of aromatic nitrogens is 5. The fourth-order valence-corrected chi connectivity index (χ4v) is 4.06. The zero-order valence-corrected chi connectivity index (χ0v) is 16.1. The van der Waals surface area contributed by atoms with Crippen LogP contribution in [0.3, 0.4) is 0 Å². The molecule has 1 saturated heterocycles. The molecule has 4 aromatic rings. The van der Waals surface area contributed by atoms with E-state index in [1.165, 1.54) is 16.9 Å². The highest BCUT2D eigenvalue weighted by molar-refractivity contribution is 6.04. The molecule has 1 aromatic carbocycles. The number of benzene rings is 1. The first-order chi connectivity index (χ1) is 14.5. The zero-order valence-electron chi connectivity index (χ0n) is 16.1. The van der Waals surface area contributed by atoms with Crippen molar-refractivity contribution in [3.8, 4) is 0 Å². The molecule has 0 spiro atoms. The molecule has 1 aliphatic rings. The van der Waals surface area contributed by atoms with Crippen molar-refractivity contribution in [3.05, 3.63) is 53.7 Å². The van der Waals surface area contributed by atoms with Gasteiger partial charge in [-0.3, -0.25) is 4.79 Å². The van der Waals surface area contributed by atoms with Crippen LogP contribution in [0.2, 0.25) is 0 Å². The third kappa shape index (κ3) is 2.99. The maximum Gasteiger partial charge on any atom is 0.280 e. The first-order valence-corrected chi connectivity index (χ1v) is 9.65. The maximum absolute atomic E-state index is 13.4. The van der Waals surface area contributed by atoms with E-state index in [-0.39, 0.29) is 34.9 Å². The van der Waals surface area contributed by atoms with Gasteiger partial charge in [-0.15, -0.1) is 0 Å². The van der Waals surface area contributed by atoms with Crippen molar-refractivity contribution in [2.24, 2.45) is 5.92 Å². The van der Waals surface area contributed by atoms with Gasteiger partial charge < -0.3 is 9.42 Å². The molecule has 0 saturated carbocycles. The normalized spacial score (nSPS) is 19.8. The van der Waals surface area contributed by atoms with Gasteiger partial charge in [0.05, 0.1) is 11.1 Å². The quantitative estimate of drug-likeness (QED) is 0.512. The van der Waals surface area contributed by atoms with Crippen LogP contribution in [0.15, 0.2) is 41.2 Å². The highest BCUT2D eigenvalue weighted by Gasteiger charge is 2.34. The summed E-state index contributed by atoms with van der Waals surface area (Å²) in [7, 11) is 0. The number of amides is 1. The molecule has 0 N–H and O–H groups in total. The number of nitrogens with zero attached hydrogens (tertiary/aromatic N) is 6. The summed E-state index contributed by atoms with van der Waals surface area (Å²) in [6.45, 7) is 2.94. The molecule has 0 radical (unpaired) electrons. The topological polar surface area (TPSA) is 89.4 Å². The third-order valence-electron chi connectivity index (χ3n) is 5.73. The fraction of sp³-hybridized carbons (Fsp3) is 0.350. The average Bonchev–Trinajstić information content (AvgIpc) is 3.40. The van der Waals surface area contributed by atoms with Gasteiger partial charge >= 0.3 is 0 Å². The summed E-state index contributed by atoms with van der Waals surface area (Å²) in [5.74, 6) is -0.162. The number of rotatable bonds is 3. The lowest BCUT2D eigenvalue weighted by atomic mass is 9.84. The third-order valence-corrected chi connectivity index (χ3v) is 5.73. The number of fused-ring (bicyclic) bond motifs is 2. The van der Waals surface area contributed by atoms with Gasteiger partial charge in [0.25, 0.3) is 18.1 Å². The van der Waals surface area contributed by atoms with E-state index in [0.717, 1.165) is 0 Å². The lowest BCUT2D eigenvalue weighted by molar-refractivity contribution is 0.0657. The van der Waals surface area contributed by atoms with Crippen LogP contribution < -0.4 is 0 Å². The summed E-state index contributed by atoms with van der Waals surface area (Å²) < 4.78 is 33.5. The first kappa shape index (κ1) is 18.6. The van der Waals surface area contributed by atoms with E-state index in [4.69, 9.17) is 4.52 Å². The molecular weight excluding hydrogens is 394 g/mol. The fourth-order valence-electron chi connectivity index (χ4n) is 4.06. The molecule has 1 fully saturated rings. The highest BCUT2D eigenvalue weighted by atomic mass is 19.3. The van der Waals surface area contributed by atoms with E-state index < -0.39 is 6.43 Å². The number of carbonyl (C=O) groups excluding carboxylic acids is 1. The monoisotopic (exact) mass is 412 g/mol. The number of para-hydroxylation sites is 1. The number of alkyl halides is 2. The summed E-state index contributed by atoms with van der Waals surface area (Å²) in [4.78, 5) is 22.7. The van der Waals surface area contributed by atoms with Crippen LogP contribution in [0.25, 0.3) is 16.7 Å². The molecule has 0 unspecified atom stereocenters. The molecule has 2 atom stereocenters. The molecule has 10 heteroatoms. The summed E-state index contributed by atoms with van der Waals surface area (Å²) in [6.07, 6.45) is -0.711. The van der Waals surface area contributed by atoms with E-state index >= 15 is 0 Å². The van der Waals surface area contributed by atoms with E-state index in [2.05, 4.69) is 20.2 Å². The van der Waals surface area contributed by atoms with Gasteiger partial charge in [0.15, 0.2) is 11.3 Å². The van der Waals surface area contributed by atoms with Crippen molar-refractivity contribution < 1.29 is 18.1 Å². The predicted molar refractivity (Wildman–Crippen MR) is 102 cm³/mol. The SMILES string of the molecule is C[C@@H]1CCN(C(=O)c2noc3ccccc23)C[C@H]1c1cc(C(F)F)nc2ncnn12. The summed E-state index contributed by atoms with van der Waals surface area (Å²) in [6, 6.07) is 8.55. The molecule has 0 bridgehead atoms. The first-order valence-electron chi connectivity index (χ1n) is 9.65. The Balaban J connectivity index is 1.51. The van der Waals surface area contributed by atoms with Gasteiger partial charge in [-0.25, -0.2) is 18.3 Å². The lowest BCUT2D eigenvalue weighted by Crippen LogP contribution is -2.43. The van der Waals surface area contributed by atoms with Gasteiger partial charge in [-0.2, -0.15) is 10.1 Å². The average molecular weight is 412 g/mol. The molecule has 1 aliphatic heterocycles. The second-order valence-electron chi connectivity index (χ2n) is 7.53.